The van der Waals surface area contributed by atoms with E-state index in [2.05, 4.69) is 41.4 Å². The molecule has 1 N–H and O–H groups in total. The number of rotatable bonds is 4. The van der Waals surface area contributed by atoms with Crippen molar-refractivity contribution in [3.05, 3.63) is 29.8 Å². The maximum Gasteiger partial charge on any atom is 0.0702 e. The molecule has 104 valence electrons. The summed E-state index contributed by atoms with van der Waals surface area (Å²) in [6.07, 6.45) is 2.94. The Morgan fingerprint density at radius 1 is 1.37 bits per heavy atom. The maximum atomic E-state index is 5.79. The number of ether oxygens (including phenoxy) is 1. The smallest absolute Gasteiger partial charge is 0.0702 e. The van der Waals surface area contributed by atoms with Crippen LogP contribution in [0.4, 0.5) is 5.69 Å². The average molecular weight is 260 g/mol. The Morgan fingerprint density at radius 3 is 3.16 bits per heavy atom. The number of para-hydroxylation sites is 1. The summed E-state index contributed by atoms with van der Waals surface area (Å²) in [7, 11) is 0. The molecule has 1 aromatic carbocycles. The van der Waals surface area contributed by atoms with Crippen LogP contribution in [0.2, 0.25) is 0 Å². The lowest BCUT2D eigenvalue weighted by atomic mass is 9.99. The van der Waals surface area contributed by atoms with Crippen LogP contribution in [0.1, 0.15) is 31.2 Å². The molecular weight excluding hydrogens is 236 g/mol. The van der Waals surface area contributed by atoms with Crippen LogP contribution in [-0.4, -0.2) is 43.8 Å². The number of likely N-dealkylation sites (tertiary alicyclic amines) is 1. The van der Waals surface area contributed by atoms with Gasteiger partial charge in [0, 0.05) is 37.8 Å². The molecule has 2 unspecified atom stereocenters. The van der Waals surface area contributed by atoms with Crippen molar-refractivity contribution in [1.82, 2.24) is 4.90 Å². The maximum absolute atomic E-state index is 5.79. The predicted molar refractivity (Wildman–Crippen MR) is 78.8 cm³/mol. The number of anilines is 1. The zero-order valence-electron chi connectivity index (χ0n) is 11.8. The van der Waals surface area contributed by atoms with Gasteiger partial charge < -0.3 is 15.0 Å². The van der Waals surface area contributed by atoms with E-state index < -0.39 is 0 Å². The number of nitrogens with zero attached hydrogens (tertiary/aromatic N) is 1. The summed E-state index contributed by atoms with van der Waals surface area (Å²) in [5.41, 5.74) is 2.81. The Kier molecular flexibility index (Phi) is 4.04. The molecule has 0 amide bonds. The van der Waals surface area contributed by atoms with Gasteiger partial charge in [-0.05, 0) is 37.9 Å². The minimum absolute atomic E-state index is 0.448. The lowest BCUT2D eigenvalue weighted by Crippen LogP contribution is -2.41. The van der Waals surface area contributed by atoms with Crippen LogP contribution in [0.3, 0.4) is 0 Å². The Balaban J connectivity index is 1.60. The lowest BCUT2D eigenvalue weighted by molar-refractivity contribution is 0.00478. The van der Waals surface area contributed by atoms with Crippen molar-refractivity contribution in [1.29, 1.82) is 0 Å². The van der Waals surface area contributed by atoms with Gasteiger partial charge in [-0.25, -0.2) is 0 Å². The fourth-order valence-electron chi connectivity index (χ4n) is 3.38. The molecule has 3 nitrogen and oxygen atoms in total. The lowest BCUT2D eigenvalue weighted by Gasteiger charge is -2.34. The van der Waals surface area contributed by atoms with E-state index in [4.69, 9.17) is 4.74 Å². The van der Waals surface area contributed by atoms with Crippen molar-refractivity contribution in [2.45, 2.75) is 31.8 Å². The minimum Gasteiger partial charge on any atom is -0.384 e. The normalized spacial score (nSPS) is 27.0. The van der Waals surface area contributed by atoms with Crippen molar-refractivity contribution in [2.75, 3.05) is 38.1 Å². The van der Waals surface area contributed by atoms with Gasteiger partial charge in [-0.2, -0.15) is 0 Å². The molecule has 0 bridgehead atoms. The molecule has 1 aromatic rings. The summed E-state index contributed by atoms with van der Waals surface area (Å²) in [5.74, 6) is 0.636. The number of benzene rings is 1. The molecule has 19 heavy (non-hydrogen) atoms. The molecule has 3 rings (SSSR count). The van der Waals surface area contributed by atoms with Gasteiger partial charge in [-0.3, -0.25) is 0 Å². The highest BCUT2D eigenvalue weighted by Crippen LogP contribution is 2.32. The molecule has 3 heteroatoms. The second-order valence-corrected chi connectivity index (χ2v) is 5.64. The molecule has 2 atom stereocenters. The first-order valence-corrected chi connectivity index (χ1v) is 7.53. The first kappa shape index (κ1) is 12.9. The summed E-state index contributed by atoms with van der Waals surface area (Å²) in [6, 6.07) is 8.72. The summed E-state index contributed by atoms with van der Waals surface area (Å²) < 4.78 is 5.79. The zero-order chi connectivity index (χ0) is 13.1. The number of hydrogen-bond acceptors (Lipinski definition) is 3. The Hall–Kier alpha value is -1.06. The molecular formula is C16H24N2O. The molecule has 0 spiro atoms. The van der Waals surface area contributed by atoms with E-state index in [0.717, 1.165) is 26.2 Å². The van der Waals surface area contributed by atoms with Gasteiger partial charge in [-0.15, -0.1) is 0 Å². The highest BCUT2D eigenvalue weighted by molar-refractivity contribution is 5.57. The van der Waals surface area contributed by atoms with Crippen LogP contribution in [-0.2, 0) is 4.74 Å². The zero-order valence-corrected chi connectivity index (χ0v) is 11.8. The standard InChI is InChI=1S/C16H24N2O/c1-2-19-14-6-5-9-18(12-14)11-13-10-17-16-8-4-3-7-15(13)16/h3-4,7-8,13-14,17H,2,5-6,9-12H2,1H3. The van der Waals surface area contributed by atoms with Crippen molar-refractivity contribution < 1.29 is 4.74 Å². The minimum atomic E-state index is 0.448. The van der Waals surface area contributed by atoms with Crippen molar-refractivity contribution in [3.63, 3.8) is 0 Å². The molecule has 0 radical (unpaired) electrons. The van der Waals surface area contributed by atoms with E-state index >= 15 is 0 Å². The molecule has 2 aliphatic rings. The van der Waals surface area contributed by atoms with E-state index in [1.165, 1.54) is 30.6 Å². The fraction of sp³-hybridized carbons (Fsp3) is 0.625. The SMILES string of the molecule is CCOC1CCCN(CC2CNc3ccccc32)C1. The molecule has 1 saturated heterocycles. The first-order valence-electron chi connectivity index (χ1n) is 7.53. The molecule has 2 aliphatic heterocycles. The topological polar surface area (TPSA) is 24.5 Å². The Labute approximate surface area is 115 Å². The van der Waals surface area contributed by atoms with Crippen molar-refractivity contribution >= 4 is 5.69 Å². The number of fused-ring (bicyclic) bond motifs is 1. The Bertz CT molecular complexity index is 419. The molecule has 1 fully saturated rings. The molecule has 0 aliphatic carbocycles. The van der Waals surface area contributed by atoms with E-state index in [-0.39, 0.29) is 0 Å². The second-order valence-electron chi connectivity index (χ2n) is 5.64. The number of hydrogen-bond donors (Lipinski definition) is 1. The highest BCUT2D eigenvalue weighted by atomic mass is 16.5. The average Bonchev–Trinajstić information content (AvgIpc) is 2.83. The highest BCUT2D eigenvalue weighted by Gasteiger charge is 2.27. The van der Waals surface area contributed by atoms with Gasteiger partial charge in [0.25, 0.3) is 0 Å². The second kappa shape index (κ2) is 5.93. The van der Waals surface area contributed by atoms with Crippen LogP contribution in [0.15, 0.2) is 24.3 Å². The van der Waals surface area contributed by atoms with Crippen LogP contribution in [0, 0.1) is 0 Å². The third-order valence-corrected chi connectivity index (χ3v) is 4.28. The van der Waals surface area contributed by atoms with Crippen LogP contribution in [0.5, 0.6) is 0 Å². The fourth-order valence-corrected chi connectivity index (χ4v) is 3.38. The summed E-state index contributed by atoms with van der Waals surface area (Å²) in [5, 5.41) is 3.52. The van der Waals surface area contributed by atoms with Gasteiger partial charge in [0.05, 0.1) is 6.10 Å². The van der Waals surface area contributed by atoms with E-state index in [9.17, 15) is 0 Å². The summed E-state index contributed by atoms with van der Waals surface area (Å²) in [4.78, 5) is 2.58. The van der Waals surface area contributed by atoms with Gasteiger partial charge in [-0.1, -0.05) is 18.2 Å². The number of piperidine rings is 1. The quantitative estimate of drug-likeness (QED) is 0.901. The molecule has 0 aromatic heterocycles. The third-order valence-electron chi connectivity index (χ3n) is 4.28. The number of nitrogens with one attached hydrogen (secondary N) is 1. The van der Waals surface area contributed by atoms with Crippen LogP contribution >= 0.6 is 0 Å². The van der Waals surface area contributed by atoms with Gasteiger partial charge >= 0.3 is 0 Å². The third kappa shape index (κ3) is 2.93. The van der Waals surface area contributed by atoms with E-state index in [1.54, 1.807) is 0 Å². The van der Waals surface area contributed by atoms with Crippen LogP contribution < -0.4 is 5.32 Å². The van der Waals surface area contributed by atoms with Crippen molar-refractivity contribution in [3.8, 4) is 0 Å². The molecule has 2 heterocycles. The first-order chi connectivity index (χ1) is 9.36. The monoisotopic (exact) mass is 260 g/mol. The predicted octanol–water partition coefficient (Wildman–Crippen LogP) is 2.70. The largest absolute Gasteiger partial charge is 0.384 e. The van der Waals surface area contributed by atoms with Gasteiger partial charge in [0.15, 0.2) is 0 Å². The van der Waals surface area contributed by atoms with Crippen molar-refractivity contribution in [2.24, 2.45) is 0 Å². The summed E-state index contributed by atoms with van der Waals surface area (Å²) in [6.45, 7) is 7.50. The molecule has 0 saturated carbocycles. The van der Waals surface area contributed by atoms with Gasteiger partial charge in [0.1, 0.15) is 0 Å². The van der Waals surface area contributed by atoms with Gasteiger partial charge in [0.2, 0.25) is 0 Å². The Morgan fingerprint density at radius 2 is 2.26 bits per heavy atom. The van der Waals surface area contributed by atoms with E-state index in [1.807, 2.05) is 0 Å². The van der Waals surface area contributed by atoms with Crippen LogP contribution in [0.25, 0.3) is 0 Å². The van der Waals surface area contributed by atoms with E-state index in [0.29, 0.717) is 12.0 Å². The summed E-state index contributed by atoms with van der Waals surface area (Å²) >= 11 is 0.